The van der Waals surface area contributed by atoms with Crippen molar-refractivity contribution in [1.82, 2.24) is 0 Å². The number of rotatable bonds is 4. The third kappa shape index (κ3) is 3.96. The molecule has 9 heteroatoms. The van der Waals surface area contributed by atoms with E-state index in [9.17, 15) is 18.0 Å². The van der Waals surface area contributed by atoms with E-state index in [4.69, 9.17) is 4.74 Å². The molecular formula is C20H21N3O5S. The Morgan fingerprint density at radius 1 is 1.03 bits per heavy atom. The lowest BCUT2D eigenvalue weighted by molar-refractivity contribution is -0.116. The summed E-state index contributed by atoms with van der Waals surface area (Å²) in [6, 6.07) is 13.6. The highest BCUT2D eigenvalue weighted by Crippen LogP contribution is 2.29. The minimum atomic E-state index is -3.68. The Kier molecular flexibility index (Phi) is 5.25. The molecule has 0 spiro atoms. The number of nitrogens with zero attached hydrogens (tertiary/aromatic N) is 2. The first-order chi connectivity index (χ1) is 14.0. The summed E-state index contributed by atoms with van der Waals surface area (Å²) in [4.78, 5) is 27.0. The molecule has 0 saturated carbocycles. The van der Waals surface area contributed by atoms with Crippen molar-refractivity contribution in [2.75, 3.05) is 46.6 Å². The molecule has 2 heterocycles. The number of benzene rings is 2. The highest BCUT2D eigenvalue weighted by atomic mass is 32.2. The molecule has 0 aliphatic carbocycles. The van der Waals surface area contributed by atoms with Crippen LogP contribution in [0.25, 0.3) is 0 Å². The van der Waals surface area contributed by atoms with Gasteiger partial charge in [-0.15, -0.1) is 0 Å². The van der Waals surface area contributed by atoms with Crippen molar-refractivity contribution in [3.05, 3.63) is 54.1 Å². The van der Waals surface area contributed by atoms with Crippen LogP contribution in [0.2, 0.25) is 0 Å². The van der Waals surface area contributed by atoms with Crippen LogP contribution < -0.4 is 14.5 Å². The van der Waals surface area contributed by atoms with Gasteiger partial charge in [-0.1, -0.05) is 18.2 Å². The molecule has 2 fully saturated rings. The first kappa shape index (κ1) is 19.4. The normalized spacial score (nSPS) is 18.7. The molecule has 2 aliphatic rings. The van der Waals surface area contributed by atoms with E-state index in [0.29, 0.717) is 18.9 Å². The standard InChI is InChI=1S/C20H21N3O5S/c24-19-8-13-29(26,27)23(19)16-5-3-4-15(14-16)20(25)21-17-6-1-2-7-18(17)22-9-11-28-12-10-22/h1-7,14H,8-13H2,(H,21,25). The minimum absolute atomic E-state index is 0.0499. The smallest absolute Gasteiger partial charge is 0.255 e. The summed E-state index contributed by atoms with van der Waals surface area (Å²) in [5, 5.41) is 2.90. The summed E-state index contributed by atoms with van der Waals surface area (Å²) < 4.78 is 30.5. The van der Waals surface area contributed by atoms with E-state index >= 15 is 0 Å². The van der Waals surface area contributed by atoms with Gasteiger partial charge in [0.1, 0.15) is 0 Å². The van der Waals surface area contributed by atoms with Gasteiger partial charge < -0.3 is 15.0 Å². The summed E-state index contributed by atoms with van der Waals surface area (Å²) in [6.45, 7) is 2.72. The number of sulfonamides is 1. The molecule has 2 amide bonds. The maximum Gasteiger partial charge on any atom is 0.255 e. The van der Waals surface area contributed by atoms with Crippen molar-refractivity contribution < 1.29 is 22.7 Å². The molecular weight excluding hydrogens is 394 g/mol. The van der Waals surface area contributed by atoms with Gasteiger partial charge in [-0.2, -0.15) is 0 Å². The summed E-state index contributed by atoms with van der Waals surface area (Å²) in [5.41, 5.74) is 2.02. The third-order valence-electron chi connectivity index (χ3n) is 4.93. The fraction of sp³-hybridized carbons (Fsp3) is 0.300. The molecule has 2 aliphatic heterocycles. The van der Waals surface area contributed by atoms with Crippen LogP contribution >= 0.6 is 0 Å². The van der Waals surface area contributed by atoms with Crippen LogP contribution in [-0.4, -0.2) is 52.3 Å². The van der Waals surface area contributed by atoms with Crippen molar-refractivity contribution in [3.63, 3.8) is 0 Å². The van der Waals surface area contributed by atoms with Crippen LogP contribution in [0, 0.1) is 0 Å². The molecule has 2 aromatic carbocycles. The van der Waals surface area contributed by atoms with Gasteiger partial charge in [0.2, 0.25) is 15.9 Å². The van der Waals surface area contributed by atoms with Crippen molar-refractivity contribution in [1.29, 1.82) is 0 Å². The number of ether oxygens (including phenoxy) is 1. The van der Waals surface area contributed by atoms with Crippen molar-refractivity contribution >= 4 is 38.9 Å². The van der Waals surface area contributed by atoms with Gasteiger partial charge >= 0.3 is 0 Å². The van der Waals surface area contributed by atoms with Crippen molar-refractivity contribution in [2.45, 2.75) is 6.42 Å². The van der Waals surface area contributed by atoms with Crippen LogP contribution in [-0.2, 0) is 19.6 Å². The number of para-hydroxylation sites is 2. The van der Waals surface area contributed by atoms with Crippen LogP contribution in [0.5, 0.6) is 0 Å². The second kappa shape index (κ2) is 7.84. The van der Waals surface area contributed by atoms with Gasteiger partial charge in [-0.05, 0) is 30.3 Å². The lowest BCUT2D eigenvalue weighted by Gasteiger charge is -2.30. The van der Waals surface area contributed by atoms with Gasteiger partial charge in [-0.3, -0.25) is 9.59 Å². The summed E-state index contributed by atoms with van der Waals surface area (Å²) >= 11 is 0. The number of carbonyl (C=O) groups excluding carboxylic acids is 2. The van der Waals surface area contributed by atoms with Crippen LogP contribution in [0.4, 0.5) is 17.1 Å². The molecule has 152 valence electrons. The Morgan fingerprint density at radius 3 is 2.52 bits per heavy atom. The third-order valence-corrected chi connectivity index (χ3v) is 6.62. The van der Waals surface area contributed by atoms with Crippen molar-refractivity contribution in [2.24, 2.45) is 0 Å². The Hall–Kier alpha value is -2.91. The number of anilines is 3. The van der Waals surface area contributed by atoms with Crippen LogP contribution in [0.3, 0.4) is 0 Å². The Morgan fingerprint density at radius 2 is 1.79 bits per heavy atom. The van der Waals surface area contributed by atoms with E-state index < -0.39 is 15.9 Å². The monoisotopic (exact) mass is 415 g/mol. The maximum absolute atomic E-state index is 12.9. The number of nitrogens with one attached hydrogen (secondary N) is 1. The zero-order valence-corrected chi connectivity index (χ0v) is 16.5. The number of hydrogen-bond donors (Lipinski definition) is 1. The molecule has 0 radical (unpaired) electrons. The molecule has 0 bridgehead atoms. The zero-order chi connectivity index (χ0) is 20.4. The highest BCUT2D eigenvalue weighted by Gasteiger charge is 2.36. The van der Waals surface area contributed by atoms with E-state index in [0.717, 1.165) is 23.1 Å². The first-order valence-corrected chi connectivity index (χ1v) is 11.0. The Labute approximate surface area is 169 Å². The van der Waals surface area contributed by atoms with E-state index in [2.05, 4.69) is 10.2 Å². The quantitative estimate of drug-likeness (QED) is 0.819. The van der Waals surface area contributed by atoms with E-state index in [1.807, 2.05) is 24.3 Å². The molecule has 29 heavy (non-hydrogen) atoms. The van der Waals surface area contributed by atoms with Gasteiger partial charge in [0.25, 0.3) is 5.91 Å². The topological polar surface area (TPSA) is 96.0 Å². The predicted octanol–water partition coefficient (Wildman–Crippen LogP) is 1.84. The van der Waals surface area contributed by atoms with E-state index in [1.54, 1.807) is 12.1 Å². The van der Waals surface area contributed by atoms with Gasteiger partial charge in [0, 0.05) is 25.1 Å². The fourth-order valence-corrected chi connectivity index (χ4v) is 4.95. The Balaban J connectivity index is 1.58. The molecule has 4 rings (SSSR count). The average Bonchev–Trinajstić information content (AvgIpc) is 3.01. The second-order valence-electron chi connectivity index (χ2n) is 6.85. The Bertz CT molecular complexity index is 1050. The summed E-state index contributed by atoms with van der Waals surface area (Å²) in [5.74, 6) is -1.08. The highest BCUT2D eigenvalue weighted by molar-refractivity contribution is 7.94. The largest absolute Gasteiger partial charge is 0.378 e. The van der Waals surface area contributed by atoms with E-state index in [-0.39, 0.29) is 29.3 Å². The fourth-order valence-electron chi connectivity index (χ4n) is 3.50. The molecule has 2 aromatic rings. The molecule has 1 N–H and O–H groups in total. The van der Waals surface area contributed by atoms with Gasteiger partial charge in [0.05, 0.1) is 36.0 Å². The summed E-state index contributed by atoms with van der Waals surface area (Å²) in [7, 11) is -3.68. The van der Waals surface area contributed by atoms with Crippen LogP contribution in [0.1, 0.15) is 16.8 Å². The van der Waals surface area contributed by atoms with Gasteiger partial charge in [-0.25, -0.2) is 12.7 Å². The molecule has 0 unspecified atom stereocenters. The lowest BCUT2D eigenvalue weighted by atomic mass is 10.1. The number of carbonyl (C=O) groups is 2. The summed E-state index contributed by atoms with van der Waals surface area (Å²) in [6.07, 6.45) is -0.0499. The second-order valence-corrected chi connectivity index (χ2v) is 8.78. The van der Waals surface area contributed by atoms with Crippen LogP contribution in [0.15, 0.2) is 48.5 Å². The predicted molar refractivity (Wildman–Crippen MR) is 110 cm³/mol. The molecule has 0 aromatic heterocycles. The SMILES string of the molecule is O=C(Nc1ccccc1N1CCOCC1)c1cccc(N2C(=O)CCS2(=O)=O)c1. The first-order valence-electron chi connectivity index (χ1n) is 9.35. The molecule has 8 nitrogen and oxygen atoms in total. The number of hydrogen-bond acceptors (Lipinski definition) is 6. The van der Waals surface area contributed by atoms with Gasteiger partial charge in [0.15, 0.2) is 0 Å². The number of amides is 2. The minimum Gasteiger partial charge on any atom is -0.378 e. The lowest BCUT2D eigenvalue weighted by Crippen LogP contribution is -2.36. The maximum atomic E-state index is 12.9. The zero-order valence-electron chi connectivity index (χ0n) is 15.7. The average molecular weight is 415 g/mol. The molecule has 0 atom stereocenters. The van der Waals surface area contributed by atoms with E-state index in [1.165, 1.54) is 12.1 Å². The molecule has 2 saturated heterocycles. The number of morpholine rings is 1. The van der Waals surface area contributed by atoms with Crippen molar-refractivity contribution in [3.8, 4) is 0 Å².